The molecule has 4 nitrogen and oxygen atoms in total. The van der Waals surface area contributed by atoms with E-state index in [1.54, 1.807) is 19.2 Å². The zero-order valence-electron chi connectivity index (χ0n) is 12.1. The minimum atomic E-state index is -3.47. The lowest BCUT2D eigenvalue weighted by atomic mass is 10.1. The molecule has 2 atom stereocenters. The second-order valence-electron chi connectivity index (χ2n) is 5.45. The van der Waals surface area contributed by atoms with E-state index in [1.165, 1.54) is 0 Å². The Morgan fingerprint density at radius 3 is 2.40 bits per heavy atom. The molecule has 0 aliphatic heterocycles. The molecule has 0 spiro atoms. The lowest BCUT2D eigenvalue weighted by molar-refractivity contribution is 0.0702. The van der Waals surface area contributed by atoms with Crippen LogP contribution in [0.25, 0.3) is 0 Å². The predicted octanol–water partition coefficient (Wildman–Crippen LogP) is 2.62. The third-order valence-electron chi connectivity index (χ3n) is 3.89. The number of rotatable bonds is 4. The first-order valence-corrected chi connectivity index (χ1v) is 8.63. The first-order valence-electron chi connectivity index (χ1n) is 7.15. The third kappa shape index (κ3) is 3.81. The van der Waals surface area contributed by atoms with E-state index >= 15 is 0 Å². The monoisotopic (exact) mass is 297 g/mol. The average molecular weight is 297 g/mol. The van der Waals surface area contributed by atoms with Crippen molar-refractivity contribution in [2.45, 2.75) is 56.1 Å². The Bertz CT molecular complexity index is 525. The molecule has 1 aliphatic carbocycles. The second kappa shape index (κ2) is 6.70. The lowest BCUT2D eigenvalue weighted by Gasteiger charge is -2.24. The number of ether oxygens (including phenoxy) is 1. The summed E-state index contributed by atoms with van der Waals surface area (Å²) in [5, 5.41) is 0. The molecule has 1 aliphatic rings. The fourth-order valence-electron chi connectivity index (χ4n) is 2.68. The van der Waals surface area contributed by atoms with Crippen molar-refractivity contribution in [1.82, 2.24) is 4.72 Å². The molecule has 1 fully saturated rings. The van der Waals surface area contributed by atoms with Crippen LogP contribution in [0, 0.1) is 6.92 Å². The van der Waals surface area contributed by atoms with Crippen LogP contribution in [0.4, 0.5) is 0 Å². The smallest absolute Gasteiger partial charge is 0.240 e. The van der Waals surface area contributed by atoms with E-state index in [2.05, 4.69) is 4.72 Å². The van der Waals surface area contributed by atoms with Crippen LogP contribution in [-0.2, 0) is 14.8 Å². The minimum absolute atomic E-state index is 0.0299. The molecule has 112 valence electrons. The summed E-state index contributed by atoms with van der Waals surface area (Å²) in [5.74, 6) is 0. The number of methoxy groups -OCH3 is 1. The van der Waals surface area contributed by atoms with Crippen LogP contribution in [-0.4, -0.2) is 27.7 Å². The Morgan fingerprint density at radius 2 is 1.75 bits per heavy atom. The van der Waals surface area contributed by atoms with Gasteiger partial charge in [0, 0.05) is 13.2 Å². The Labute approximate surface area is 121 Å². The van der Waals surface area contributed by atoms with Gasteiger partial charge in [0.05, 0.1) is 11.0 Å². The Kier molecular flexibility index (Phi) is 5.18. The van der Waals surface area contributed by atoms with Gasteiger partial charge in [0.1, 0.15) is 0 Å². The van der Waals surface area contributed by atoms with Gasteiger partial charge in [-0.3, -0.25) is 0 Å². The number of hydrogen-bond acceptors (Lipinski definition) is 3. The second-order valence-corrected chi connectivity index (χ2v) is 7.17. The van der Waals surface area contributed by atoms with E-state index in [0.717, 1.165) is 37.7 Å². The normalized spacial score (nSPS) is 24.3. The summed E-state index contributed by atoms with van der Waals surface area (Å²) in [7, 11) is -1.81. The molecule has 1 aromatic carbocycles. The minimum Gasteiger partial charge on any atom is -0.380 e. The van der Waals surface area contributed by atoms with Gasteiger partial charge >= 0.3 is 0 Å². The van der Waals surface area contributed by atoms with Crippen molar-refractivity contribution in [2.75, 3.05) is 7.11 Å². The molecular formula is C15H23NO3S. The summed E-state index contributed by atoms with van der Waals surface area (Å²) in [6.07, 6.45) is 5.00. The highest BCUT2D eigenvalue weighted by molar-refractivity contribution is 7.89. The van der Waals surface area contributed by atoms with Crippen molar-refractivity contribution in [3.05, 3.63) is 29.8 Å². The number of hydrogen-bond donors (Lipinski definition) is 1. The average Bonchev–Trinajstić information content (AvgIpc) is 2.63. The molecular weight excluding hydrogens is 274 g/mol. The van der Waals surface area contributed by atoms with Crippen molar-refractivity contribution in [3.8, 4) is 0 Å². The molecule has 1 N–H and O–H groups in total. The van der Waals surface area contributed by atoms with Crippen LogP contribution in [0.2, 0.25) is 0 Å². The van der Waals surface area contributed by atoms with Crippen LogP contribution in [0.15, 0.2) is 29.2 Å². The summed E-state index contributed by atoms with van der Waals surface area (Å²) in [6.45, 7) is 1.94. The molecule has 0 saturated heterocycles. The number of benzene rings is 1. The van der Waals surface area contributed by atoms with Gasteiger partial charge in [0.25, 0.3) is 0 Å². The fraction of sp³-hybridized carbons (Fsp3) is 0.600. The van der Waals surface area contributed by atoms with Gasteiger partial charge in [-0.25, -0.2) is 13.1 Å². The molecule has 0 unspecified atom stereocenters. The number of nitrogens with one attached hydrogen (secondary N) is 1. The summed E-state index contributed by atoms with van der Waals surface area (Å²) >= 11 is 0. The Hall–Kier alpha value is -0.910. The van der Waals surface area contributed by atoms with E-state index in [4.69, 9.17) is 4.74 Å². The van der Waals surface area contributed by atoms with Gasteiger partial charge in [0.2, 0.25) is 10.0 Å². The largest absolute Gasteiger partial charge is 0.380 e. The van der Waals surface area contributed by atoms with Crippen molar-refractivity contribution < 1.29 is 13.2 Å². The van der Waals surface area contributed by atoms with Crippen LogP contribution >= 0.6 is 0 Å². The van der Waals surface area contributed by atoms with Crippen molar-refractivity contribution in [1.29, 1.82) is 0 Å². The van der Waals surface area contributed by atoms with E-state index in [-0.39, 0.29) is 12.1 Å². The molecule has 0 radical (unpaired) electrons. The fourth-order valence-corrected chi connectivity index (χ4v) is 3.97. The molecule has 0 bridgehead atoms. The van der Waals surface area contributed by atoms with Crippen LogP contribution in [0.1, 0.15) is 37.7 Å². The van der Waals surface area contributed by atoms with E-state index < -0.39 is 10.0 Å². The van der Waals surface area contributed by atoms with Gasteiger partial charge in [-0.15, -0.1) is 0 Å². The first kappa shape index (κ1) is 15.5. The summed E-state index contributed by atoms with van der Waals surface area (Å²) in [4.78, 5) is 0.321. The lowest BCUT2D eigenvalue weighted by Crippen LogP contribution is -2.43. The zero-order chi connectivity index (χ0) is 14.6. The zero-order valence-corrected chi connectivity index (χ0v) is 12.9. The van der Waals surface area contributed by atoms with Gasteiger partial charge < -0.3 is 4.74 Å². The Morgan fingerprint density at radius 1 is 1.10 bits per heavy atom. The van der Waals surface area contributed by atoms with Crippen LogP contribution in [0.5, 0.6) is 0 Å². The summed E-state index contributed by atoms with van der Waals surface area (Å²) in [5.41, 5.74) is 1.05. The van der Waals surface area contributed by atoms with Crippen molar-refractivity contribution in [2.24, 2.45) is 0 Å². The molecule has 0 heterocycles. The molecule has 0 amide bonds. The van der Waals surface area contributed by atoms with Gasteiger partial charge in [-0.1, -0.05) is 37.0 Å². The van der Waals surface area contributed by atoms with E-state index in [0.29, 0.717) is 4.90 Å². The van der Waals surface area contributed by atoms with Gasteiger partial charge in [-0.05, 0) is 31.9 Å². The summed E-state index contributed by atoms with van der Waals surface area (Å²) < 4.78 is 33.1. The topological polar surface area (TPSA) is 55.4 Å². The van der Waals surface area contributed by atoms with Gasteiger partial charge in [0.15, 0.2) is 0 Å². The standard InChI is InChI=1S/C15H23NO3S/c1-12-8-10-13(11-9-12)20(17,18)16-14-6-4-3-5-7-15(14)19-2/h8-11,14-16H,3-7H2,1-2H3/t14-,15-/m1/s1. The maximum Gasteiger partial charge on any atom is 0.240 e. The maximum absolute atomic E-state index is 12.4. The SMILES string of the molecule is CO[C@@H]1CCCCC[C@H]1NS(=O)(=O)c1ccc(C)cc1. The molecule has 20 heavy (non-hydrogen) atoms. The van der Waals surface area contributed by atoms with Crippen LogP contribution in [0.3, 0.4) is 0 Å². The van der Waals surface area contributed by atoms with Gasteiger partial charge in [-0.2, -0.15) is 0 Å². The predicted molar refractivity (Wildman–Crippen MR) is 79.2 cm³/mol. The number of sulfonamides is 1. The Balaban J connectivity index is 2.15. The molecule has 1 saturated carbocycles. The number of aryl methyl sites for hydroxylation is 1. The molecule has 5 heteroatoms. The highest BCUT2D eigenvalue weighted by Gasteiger charge is 2.28. The van der Waals surface area contributed by atoms with Crippen molar-refractivity contribution >= 4 is 10.0 Å². The van der Waals surface area contributed by atoms with E-state index in [9.17, 15) is 8.42 Å². The highest BCUT2D eigenvalue weighted by Crippen LogP contribution is 2.22. The maximum atomic E-state index is 12.4. The quantitative estimate of drug-likeness (QED) is 0.869. The molecule has 2 rings (SSSR count). The van der Waals surface area contributed by atoms with Crippen LogP contribution < -0.4 is 4.72 Å². The third-order valence-corrected chi connectivity index (χ3v) is 5.40. The molecule has 0 aromatic heterocycles. The first-order chi connectivity index (χ1) is 9.53. The highest BCUT2D eigenvalue weighted by atomic mass is 32.2. The van der Waals surface area contributed by atoms with E-state index in [1.807, 2.05) is 19.1 Å². The van der Waals surface area contributed by atoms with Crippen molar-refractivity contribution in [3.63, 3.8) is 0 Å². The molecule has 1 aromatic rings. The summed E-state index contributed by atoms with van der Waals surface area (Å²) in [6, 6.07) is 6.80.